The molecule has 0 spiro atoms. The molecule has 0 saturated heterocycles. The number of anilines is 1. The van der Waals surface area contributed by atoms with Crippen molar-refractivity contribution in [3.63, 3.8) is 0 Å². The molecule has 0 saturated carbocycles. The number of imidazole rings is 1. The predicted molar refractivity (Wildman–Crippen MR) is 103 cm³/mol. The SMILES string of the molecule is NC(=NCc1cccnc1-n1ccnc1)Nc1cccc2c1CCCC2. The van der Waals surface area contributed by atoms with Crippen molar-refractivity contribution in [2.45, 2.75) is 32.2 Å². The number of fused-ring (bicyclic) bond motifs is 1. The number of benzene rings is 1. The summed E-state index contributed by atoms with van der Waals surface area (Å²) >= 11 is 0. The second-order valence-electron chi connectivity index (χ2n) is 6.43. The fourth-order valence-corrected chi connectivity index (χ4v) is 3.42. The summed E-state index contributed by atoms with van der Waals surface area (Å²) in [5, 5.41) is 3.28. The fraction of sp³-hybridized carbons (Fsp3) is 0.250. The molecule has 132 valence electrons. The second-order valence-corrected chi connectivity index (χ2v) is 6.43. The first-order valence-electron chi connectivity index (χ1n) is 8.91. The lowest BCUT2D eigenvalue weighted by molar-refractivity contribution is 0.687. The Balaban J connectivity index is 1.52. The number of nitrogens with two attached hydrogens (primary N) is 1. The van der Waals surface area contributed by atoms with Crippen molar-refractivity contribution >= 4 is 11.6 Å². The molecule has 4 rings (SSSR count). The summed E-state index contributed by atoms with van der Waals surface area (Å²) in [6.07, 6.45) is 11.8. The Morgan fingerprint density at radius 1 is 1.15 bits per heavy atom. The van der Waals surface area contributed by atoms with Gasteiger partial charge in [0, 0.05) is 29.8 Å². The van der Waals surface area contributed by atoms with Gasteiger partial charge in [-0.1, -0.05) is 18.2 Å². The molecular formula is C20H22N6. The number of hydrogen-bond donors (Lipinski definition) is 2. The van der Waals surface area contributed by atoms with E-state index in [0.717, 1.165) is 29.9 Å². The van der Waals surface area contributed by atoms with Gasteiger partial charge in [-0.15, -0.1) is 0 Å². The molecular weight excluding hydrogens is 324 g/mol. The molecule has 0 unspecified atom stereocenters. The Kier molecular flexibility index (Phi) is 4.64. The second kappa shape index (κ2) is 7.39. The summed E-state index contributed by atoms with van der Waals surface area (Å²) in [6, 6.07) is 10.3. The number of guanidine groups is 1. The molecule has 0 fully saturated rings. The average molecular weight is 346 g/mol. The van der Waals surface area contributed by atoms with Crippen LogP contribution in [0.5, 0.6) is 0 Å². The summed E-state index contributed by atoms with van der Waals surface area (Å²) in [4.78, 5) is 13.0. The third-order valence-electron chi connectivity index (χ3n) is 4.69. The van der Waals surface area contributed by atoms with Crippen molar-refractivity contribution in [2.24, 2.45) is 10.7 Å². The number of nitrogens with one attached hydrogen (secondary N) is 1. The Morgan fingerprint density at radius 2 is 2.08 bits per heavy atom. The van der Waals surface area contributed by atoms with E-state index in [1.807, 2.05) is 22.9 Å². The highest BCUT2D eigenvalue weighted by molar-refractivity contribution is 5.93. The lowest BCUT2D eigenvalue weighted by Gasteiger charge is -2.19. The predicted octanol–water partition coefficient (Wildman–Crippen LogP) is 3.07. The van der Waals surface area contributed by atoms with Crippen LogP contribution < -0.4 is 11.1 Å². The molecule has 6 nitrogen and oxygen atoms in total. The third kappa shape index (κ3) is 3.44. The number of nitrogens with zero attached hydrogens (tertiary/aromatic N) is 4. The van der Waals surface area contributed by atoms with Crippen molar-refractivity contribution in [2.75, 3.05) is 5.32 Å². The van der Waals surface area contributed by atoms with E-state index in [4.69, 9.17) is 5.73 Å². The van der Waals surface area contributed by atoms with Crippen molar-refractivity contribution < 1.29 is 0 Å². The highest BCUT2D eigenvalue weighted by atomic mass is 15.1. The van der Waals surface area contributed by atoms with E-state index in [9.17, 15) is 0 Å². The van der Waals surface area contributed by atoms with Gasteiger partial charge in [0.05, 0.1) is 6.54 Å². The van der Waals surface area contributed by atoms with Crippen molar-refractivity contribution in [1.29, 1.82) is 0 Å². The molecule has 0 radical (unpaired) electrons. The summed E-state index contributed by atoms with van der Waals surface area (Å²) in [6.45, 7) is 0.454. The van der Waals surface area contributed by atoms with Crippen LogP contribution in [-0.2, 0) is 19.4 Å². The van der Waals surface area contributed by atoms with Gasteiger partial charge < -0.3 is 11.1 Å². The van der Waals surface area contributed by atoms with E-state index < -0.39 is 0 Å². The first-order chi connectivity index (χ1) is 12.8. The average Bonchev–Trinajstić information content (AvgIpc) is 3.21. The Morgan fingerprint density at radius 3 is 2.96 bits per heavy atom. The van der Waals surface area contributed by atoms with Crippen LogP contribution in [0.25, 0.3) is 5.82 Å². The van der Waals surface area contributed by atoms with Gasteiger partial charge in [-0.25, -0.2) is 15.0 Å². The standard InChI is InChI=1S/C20H22N6/c21-20(25-18-9-3-6-15-5-1-2-8-17(15)18)24-13-16-7-4-10-23-19(16)26-12-11-22-14-26/h3-4,6-7,9-12,14H,1-2,5,8,13H2,(H3,21,24,25). The summed E-state index contributed by atoms with van der Waals surface area (Å²) < 4.78 is 1.88. The minimum absolute atomic E-state index is 0.421. The summed E-state index contributed by atoms with van der Waals surface area (Å²) in [5.41, 5.74) is 11.0. The van der Waals surface area contributed by atoms with Crippen LogP contribution in [0.15, 0.2) is 60.2 Å². The summed E-state index contributed by atoms with van der Waals surface area (Å²) in [7, 11) is 0. The smallest absolute Gasteiger partial charge is 0.193 e. The summed E-state index contributed by atoms with van der Waals surface area (Å²) in [5.74, 6) is 1.24. The van der Waals surface area contributed by atoms with Crippen LogP contribution in [0.1, 0.15) is 29.5 Å². The molecule has 0 amide bonds. The van der Waals surface area contributed by atoms with Crippen LogP contribution in [0, 0.1) is 0 Å². The molecule has 1 aliphatic carbocycles. The van der Waals surface area contributed by atoms with Gasteiger partial charge in [0.15, 0.2) is 5.96 Å². The highest BCUT2D eigenvalue weighted by Gasteiger charge is 2.13. The largest absolute Gasteiger partial charge is 0.370 e. The molecule has 6 heteroatoms. The first-order valence-corrected chi connectivity index (χ1v) is 8.91. The van der Waals surface area contributed by atoms with Crippen molar-refractivity contribution in [3.8, 4) is 5.82 Å². The van der Waals surface area contributed by atoms with Gasteiger partial charge in [0.1, 0.15) is 12.1 Å². The van der Waals surface area contributed by atoms with Gasteiger partial charge in [-0.2, -0.15) is 0 Å². The van der Waals surface area contributed by atoms with Gasteiger partial charge in [0.2, 0.25) is 0 Å². The van der Waals surface area contributed by atoms with E-state index in [-0.39, 0.29) is 0 Å². The molecule has 1 aliphatic rings. The van der Waals surface area contributed by atoms with Crippen LogP contribution in [0.4, 0.5) is 5.69 Å². The van der Waals surface area contributed by atoms with Crippen LogP contribution in [-0.4, -0.2) is 20.5 Å². The Labute approximate surface area is 152 Å². The van der Waals surface area contributed by atoms with E-state index in [0.29, 0.717) is 12.5 Å². The van der Waals surface area contributed by atoms with Crippen molar-refractivity contribution in [1.82, 2.24) is 14.5 Å². The highest BCUT2D eigenvalue weighted by Crippen LogP contribution is 2.27. The van der Waals surface area contributed by atoms with Gasteiger partial charge in [-0.05, 0) is 48.9 Å². The topological polar surface area (TPSA) is 81.1 Å². The molecule has 26 heavy (non-hydrogen) atoms. The third-order valence-corrected chi connectivity index (χ3v) is 4.69. The number of rotatable bonds is 4. The van der Waals surface area contributed by atoms with Crippen LogP contribution in [0.2, 0.25) is 0 Å². The molecule has 0 atom stereocenters. The van der Waals surface area contributed by atoms with Crippen LogP contribution >= 0.6 is 0 Å². The quantitative estimate of drug-likeness (QED) is 0.562. The lowest BCUT2D eigenvalue weighted by Crippen LogP contribution is -2.24. The number of hydrogen-bond acceptors (Lipinski definition) is 3. The molecule has 2 heterocycles. The zero-order valence-corrected chi connectivity index (χ0v) is 14.6. The maximum atomic E-state index is 6.15. The van der Waals surface area contributed by atoms with Crippen LogP contribution in [0.3, 0.4) is 0 Å². The molecule has 2 aromatic heterocycles. The Bertz CT molecular complexity index is 914. The number of aryl methyl sites for hydroxylation is 1. The molecule has 3 N–H and O–H groups in total. The Hall–Kier alpha value is -3.15. The van der Waals surface area contributed by atoms with E-state index >= 15 is 0 Å². The first kappa shape index (κ1) is 16.3. The normalized spacial score (nSPS) is 14.1. The molecule has 0 bridgehead atoms. The zero-order chi connectivity index (χ0) is 17.8. The minimum Gasteiger partial charge on any atom is -0.370 e. The number of aromatic nitrogens is 3. The molecule has 1 aromatic carbocycles. The minimum atomic E-state index is 0.421. The van der Waals surface area contributed by atoms with Gasteiger partial charge in [0.25, 0.3) is 0 Å². The number of pyridine rings is 1. The van der Waals surface area contributed by atoms with E-state index in [1.54, 1.807) is 18.7 Å². The van der Waals surface area contributed by atoms with Gasteiger partial charge in [-0.3, -0.25) is 4.57 Å². The monoisotopic (exact) mass is 346 g/mol. The fourth-order valence-electron chi connectivity index (χ4n) is 3.42. The number of aliphatic imine (C=N–C) groups is 1. The van der Waals surface area contributed by atoms with Crippen molar-refractivity contribution in [3.05, 3.63) is 71.9 Å². The maximum absolute atomic E-state index is 6.15. The molecule has 3 aromatic rings. The molecule has 0 aliphatic heterocycles. The zero-order valence-electron chi connectivity index (χ0n) is 14.6. The van der Waals surface area contributed by atoms with Gasteiger partial charge >= 0.3 is 0 Å². The lowest BCUT2D eigenvalue weighted by atomic mass is 9.90. The maximum Gasteiger partial charge on any atom is 0.193 e. The van der Waals surface area contributed by atoms with E-state index in [1.165, 1.54) is 24.0 Å². The van der Waals surface area contributed by atoms with E-state index in [2.05, 4.69) is 38.5 Å².